The number of ketones is 1. The second kappa shape index (κ2) is 12.8. The summed E-state index contributed by atoms with van der Waals surface area (Å²) in [5.41, 5.74) is 1.30. The van der Waals surface area contributed by atoms with E-state index in [-0.39, 0.29) is 5.78 Å². The Kier molecular flexibility index (Phi) is 12.5. The molecule has 0 aromatic rings. The molecule has 0 rings (SSSR count). The summed E-state index contributed by atoms with van der Waals surface area (Å²) in [6.45, 7) is 2.24. The highest BCUT2D eigenvalue weighted by molar-refractivity contribution is 6.26. The molecule has 0 aliphatic heterocycles. The number of hydrogen-bond donors (Lipinski definition) is 0. The Bertz CT molecular complexity index is 187. The summed E-state index contributed by atoms with van der Waals surface area (Å²) in [5.74, 6) is 0.151. The molecule has 0 amide bonds. The molecule has 0 N–H and O–H groups in total. The van der Waals surface area contributed by atoms with Crippen molar-refractivity contribution in [2.75, 3.05) is 0 Å². The first-order chi connectivity index (χ1) is 7.81. The van der Waals surface area contributed by atoms with E-state index >= 15 is 0 Å². The Morgan fingerprint density at radius 1 is 0.938 bits per heavy atom. The van der Waals surface area contributed by atoms with Crippen LogP contribution < -0.4 is 0 Å². The molecular formula is C14H25ClO. The Morgan fingerprint density at radius 2 is 1.44 bits per heavy atom. The van der Waals surface area contributed by atoms with Crippen LogP contribution in [0.3, 0.4) is 0 Å². The number of hydrogen-bond acceptors (Lipinski definition) is 1. The van der Waals surface area contributed by atoms with E-state index in [1.54, 1.807) is 0 Å². The number of carbonyl (C=O) groups excluding carboxylic acids is 1. The number of unbranched alkanes of at least 4 members (excludes halogenated alkanes) is 8. The molecule has 1 nitrogen and oxygen atoms in total. The molecule has 2 heteroatoms. The maximum atomic E-state index is 11.1. The molecule has 16 heavy (non-hydrogen) atoms. The van der Waals surface area contributed by atoms with Gasteiger partial charge in [0.15, 0.2) is 5.78 Å². The van der Waals surface area contributed by atoms with Crippen molar-refractivity contribution in [3.63, 3.8) is 0 Å². The Hall–Kier alpha value is -0.300. The molecule has 0 radical (unpaired) electrons. The van der Waals surface area contributed by atoms with Crippen molar-refractivity contribution in [2.24, 2.45) is 0 Å². The van der Waals surface area contributed by atoms with Gasteiger partial charge in [-0.2, -0.15) is 0 Å². The minimum Gasteiger partial charge on any atom is -0.295 e. The molecule has 0 heterocycles. The highest BCUT2D eigenvalue weighted by atomic mass is 35.5. The van der Waals surface area contributed by atoms with Gasteiger partial charge in [-0.25, -0.2) is 0 Å². The lowest BCUT2D eigenvalue weighted by Crippen LogP contribution is -1.91. The summed E-state index contributed by atoms with van der Waals surface area (Å²) < 4.78 is 0. The van der Waals surface area contributed by atoms with E-state index in [2.05, 4.69) is 6.92 Å². The SMILES string of the molecule is CCCCCCCCCCCC(=O)/C=C/Cl. The molecule has 0 spiro atoms. The van der Waals surface area contributed by atoms with Crippen LogP contribution in [0.25, 0.3) is 0 Å². The van der Waals surface area contributed by atoms with E-state index in [4.69, 9.17) is 11.6 Å². The van der Waals surface area contributed by atoms with Crippen molar-refractivity contribution < 1.29 is 4.79 Å². The van der Waals surface area contributed by atoms with Crippen molar-refractivity contribution in [3.05, 3.63) is 11.6 Å². The topological polar surface area (TPSA) is 17.1 Å². The van der Waals surface area contributed by atoms with E-state index in [9.17, 15) is 4.79 Å². The standard InChI is InChI=1S/C14H25ClO/c1-2-3-4-5-6-7-8-9-10-11-14(16)12-13-15/h12-13H,2-11H2,1H3/b13-12+. The largest absolute Gasteiger partial charge is 0.295 e. The van der Waals surface area contributed by atoms with Crippen LogP contribution in [0.2, 0.25) is 0 Å². The second-order valence-corrected chi connectivity index (χ2v) is 4.59. The third kappa shape index (κ3) is 11.8. The average molecular weight is 245 g/mol. The van der Waals surface area contributed by atoms with Gasteiger partial charge in [-0.3, -0.25) is 4.79 Å². The quantitative estimate of drug-likeness (QED) is 0.359. The Labute approximate surface area is 105 Å². The molecule has 94 valence electrons. The summed E-state index contributed by atoms with van der Waals surface area (Å²) >= 11 is 5.32. The van der Waals surface area contributed by atoms with Gasteiger partial charge in [0.1, 0.15) is 0 Å². The zero-order valence-electron chi connectivity index (χ0n) is 10.5. The number of allylic oxidation sites excluding steroid dienone is 1. The smallest absolute Gasteiger partial charge is 0.156 e. The van der Waals surface area contributed by atoms with Crippen molar-refractivity contribution in [1.29, 1.82) is 0 Å². The lowest BCUT2D eigenvalue weighted by Gasteiger charge is -2.00. The van der Waals surface area contributed by atoms with Crippen LogP contribution in [0.4, 0.5) is 0 Å². The molecule has 0 bridgehead atoms. The van der Waals surface area contributed by atoms with E-state index < -0.39 is 0 Å². The van der Waals surface area contributed by atoms with Crippen LogP contribution in [-0.2, 0) is 4.79 Å². The monoisotopic (exact) mass is 244 g/mol. The van der Waals surface area contributed by atoms with Crippen LogP contribution in [0.15, 0.2) is 11.6 Å². The summed E-state index contributed by atoms with van der Waals surface area (Å²) in [5, 5.41) is 0. The van der Waals surface area contributed by atoms with Crippen LogP contribution in [0.1, 0.15) is 71.1 Å². The first kappa shape index (κ1) is 15.7. The second-order valence-electron chi connectivity index (χ2n) is 4.34. The Balaban J connectivity index is 3.07. The predicted octanol–water partition coefficient (Wildman–Crippen LogP) is 5.23. The number of halogens is 1. The van der Waals surface area contributed by atoms with Gasteiger partial charge in [0, 0.05) is 12.0 Å². The fraction of sp³-hybridized carbons (Fsp3) is 0.786. The molecule has 0 aliphatic rings. The van der Waals surface area contributed by atoms with E-state index in [0.29, 0.717) is 6.42 Å². The van der Waals surface area contributed by atoms with Gasteiger partial charge in [-0.05, 0) is 12.5 Å². The highest BCUT2D eigenvalue weighted by Crippen LogP contribution is 2.10. The third-order valence-corrected chi connectivity index (χ3v) is 2.90. The first-order valence-corrected chi connectivity index (χ1v) is 7.04. The normalized spacial score (nSPS) is 11.1. The van der Waals surface area contributed by atoms with E-state index in [1.807, 2.05) is 0 Å². The zero-order chi connectivity index (χ0) is 12.1. The first-order valence-electron chi connectivity index (χ1n) is 6.61. The fourth-order valence-corrected chi connectivity index (χ4v) is 1.90. The van der Waals surface area contributed by atoms with Crippen LogP contribution in [0.5, 0.6) is 0 Å². The summed E-state index contributed by atoms with van der Waals surface area (Å²) in [7, 11) is 0. The van der Waals surface area contributed by atoms with Gasteiger partial charge >= 0.3 is 0 Å². The van der Waals surface area contributed by atoms with Crippen molar-refractivity contribution in [3.8, 4) is 0 Å². The lowest BCUT2D eigenvalue weighted by molar-refractivity contribution is -0.114. The fourth-order valence-electron chi connectivity index (χ4n) is 1.76. The molecule has 0 fully saturated rings. The molecule has 0 saturated heterocycles. The number of rotatable bonds is 11. The lowest BCUT2D eigenvalue weighted by atomic mass is 10.1. The minimum atomic E-state index is 0.151. The van der Waals surface area contributed by atoms with Gasteiger partial charge in [0.2, 0.25) is 0 Å². The van der Waals surface area contributed by atoms with Crippen LogP contribution in [-0.4, -0.2) is 5.78 Å². The molecule has 0 aromatic heterocycles. The van der Waals surface area contributed by atoms with Crippen molar-refractivity contribution in [2.45, 2.75) is 71.1 Å². The summed E-state index contributed by atoms with van der Waals surface area (Å²) in [6.07, 6.45) is 13.7. The summed E-state index contributed by atoms with van der Waals surface area (Å²) in [4.78, 5) is 11.1. The van der Waals surface area contributed by atoms with Crippen LogP contribution in [0, 0.1) is 0 Å². The maximum Gasteiger partial charge on any atom is 0.156 e. The molecular weight excluding hydrogens is 220 g/mol. The van der Waals surface area contributed by atoms with Gasteiger partial charge in [0.25, 0.3) is 0 Å². The third-order valence-electron chi connectivity index (χ3n) is 2.78. The predicted molar refractivity (Wildman–Crippen MR) is 71.8 cm³/mol. The molecule has 0 unspecified atom stereocenters. The molecule has 0 aromatic carbocycles. The highest BCUT2D eigenvalue weighted by Gasteiger charge is 1.96. The van der Waals surface area contributed by atoms with Gasteiger partial charge in [0.05, 0.1) is 0 Å². The van der Waals surface area contributed by atoms with E-state index in [1.165, 1.54) is 63.0 Å². The van der Waals surface area contributed by atoms with Gasteiger partial charge < -0.3 is 0 Å². The van der Waals surface area contributed by atoms with Crippen molar-refractivity contribution in [1.82, 2.24) is 0 Å². The van der Waals surface area contributed by atoms with E-state index in [0.717, 1.165) is 6.42 Å². The molecule has 0 aliphatic carbocycles. The maximum absolute atomic E-state index is 11.1. The van der Waals surface area contributed by atoms with Gasteiger partial charge in [-0.15, -0.1) is 0 Å². The van der Waals surface area contributed by atoms with Gasteiger partial charge in [-0.1, -0.05) is 69.9 Å². The van der Waals surface area contributed by atoms with Crippen LogP contribution >= 0.6 is 11.6 Å². The molecule has 0 saturated carbocycles. The van der Waals surface area contributed by atoms with Crippen molar-refractivity contribution >= 4 is 17.4 Å². The number of carbonyl (C=O) groups is 1. The Morgan fingerprint density at radius 3 is 1.94 bits per heavy atom. The molecule has 0 atom stereocenters. The zero-order valence-corrected chi connectivity index (χ0v) is 11.3. The summed E-state index contributed by atoms with van der Waals surface area (Å²) in [6, 6.07) is 0. The average Bonchev–Trinajstić information content (AvgIpc) is 2.27. The minimum absolute atomic E-state index is 0.151.